The Morgan fingerprint density at radius 3 is 2.89 bits per heavy atom. The van der Waals surface area contributed by atoms with Gasteiger partial charge in [0.25, 0.3) is 0 Å². The SMILES string of the molecule is Cn1nccc1C=CC(=O)NC1CCC(C(=O)O)C1. The zero-order valence-electron chi connectivity index (χ0n) is 10.7. The van der Waals surface area contributed by atoms with Gasteiger partial charge in [0.1, 0.15) is 0 Å². The second-order valence-electron chi connectivity index (χ2n) is 4.77. The van der Waals surface area contributed by atoms with Gasteiger partial charge in [-0.2, -0.15) is 5.10 Å². The summed E-state index contributed by atoms with van der Waals surface area (Å²) in [5, 5.41) is 15.7. The molecule has 2 rings (SSSR count). The Hall–Kier alpha value is -2.11. The third-order valence-electron chi connectivity index (χ3n) is 3.39. The van der Waals surface area contributed by atoms with Gasteiger partial charge in [-0.05, 0) is 31.4 Å². The van der Waals surface area contributed by atoms with E-state index in [4.69, 9.17) is 5.11 Å². The number of nitrogens with zero attached hydrogens (tertiary/aromatic N) is 2. The number of aromatic nitrogens is 2. The molecule has 1 aliphatic rings. The first-order valence-electron chi connectivity index (χ1n) is 6.25. The fraction of sp³-hybridized carbons (Fsp3) is 0.462. The highest BCUT2D eigenvalue weighted by atomic mass is 16.4. The minimum absolute atomic E-state index is 0.0372. The molecule has 1 fully saturated rings. The molecule has 0 aromatic carbocycles. The molecule has 0 spiro atoms. The molecule has 0 saturated heterocycles. The highest BCUT2D eigenvalue weighted by Gasteiger charge is 2.30. The normalized spacial score (nSPS) is 22.8. The van der Waals surface area contributed by atoms with Crippen molar-refractivity contribution in [2.24, 2.45) is 13.0 Å². The predicted molar refractivity (Wildman–Crippen MR) is 69.1 cm³/mol. The summed E-state index contributed by atoms with van der Waals surface area (Å²) >= 11 is 0. The standard InChI is InChI=1S/C13H17N3O3/c1-16-11(6-7-14-16)4-5-12(17)15-10-3-2-9(8-10)13(18)19/h4-7,9-10H,2-3,8H2,1H3,(H,15,17)(H,18,19). The van der Waals surface area contributed by atoms with Gasteiger partial charge in [-0.15, -0.1) is 0 Å². The Balaban J connectivity index is 1.84. The van der Waals surface area contributed by atoms with E-state index in [2.05, 4.69) is 10.4 Å². The largest absolute Gasteiger partial charge is 0.481 e. The summed E-state index contributed by atoms with van der Waals surface area (Å²) in [7, 11) is 1.80. The Morgan fingerprint density at radius 2 is 2.32 bits per heavy atom. The average molecular weight is 263 g/mol. The number of nitrogens with one attached hydrogen (secondary N) is 1. The quantitative estimate of drug-likeness (QED) is 0.787. The van der Waals surface area contributed by atoms with Gasteiger partial charge in [0.2, 0.25) is 5.91 Å². The maximum Gasteiger partial charge on any atom is 0.306 e. The van der Waals surface area contributed by atoms with Crippen LogP contribution in [0.1, 0.15) is 25.0 Å². The van der Waals surface area contributed by atoms with E-state index in [0.29, 0.717) is 12.8 Å². The number of hydrogen-bond acceptors (Lipinski definition) is 3. The average Bonchev–Trinajstić information content (AvgIpc) is 2.96. The number of hydrogen-bond donors (Lipinski definition) is 2. The van der Waals surface area contributed by atoms with E-state index in [1.165, 1.54) is 6.08 Å². The molecule has 1 amide bonds. The van der Waals surface area contributed by atoms with Gasteiger partial charge in [-0.1, -0.05) is 0 Å². The number of aliphatic carboxylic acids is 1. The summed E-state index contributed by atoms with van der Waals surface area (Å²) in [6.45, 7) is 0. The fourth-order valence-electron chi connectivity index (χ4n) is 2.29. The molecule has 0 bridgehead atoms. The lowest BCUT2D eigenvalue weighted by atomic mass is 10.1. The summed E-state index contributed by atoms with van der Waals surface area (Å²) in [4.78, 5) is 22.5. The molecule has 1 aliphatic carbocycles. The zero-order chi connectivity index (χ0) is 13.8. The Kier molecular flexibility index (Phi) is 3.99. The highest BCUT2D eigenvalue weighted by molar-refractivity contribution is 5.91. The molecule has 6 heteroatoms. The van der Waals surface area contributed by atoms with Gasteiger partial charge >= 0.3 is 5.97 Å². The maximum atomic E-state index is 11.7. The molecule has 1 aromatic rings. The summed E-state index contributed by atoms with van der Waals surface area (Å²) in [5.41, 5.74) is 0.838. The van der Waals surface area contributed by atoms with Crippen LogP contribution in [-0.4, -0.2) is 32.8 Å². The number of carboxylic acids is 1. The summed E-state index contributed by atoms with van der Waals surface area (Å²) in [5.74, 6) is -1.30. The summed E-state index contributed by atoms with van der Waals surface area (Å²) in [6.07, 6.45) is 6.66. The van der Waals surface area contributed by atoms with E-state index < -0.39 is 5.97 Å². The minimum atomic E-state index is -0.776. The molecule has 2 N–H and O–H groups in total. The summed E-state index contributed by atoms with van der Waals surface area (Å²) in [6, 6.07) is 1.77. The molecular weight excluding hydrogens is 246 g/mol. The van der Waals surface area contributed by atoms with Crippen LogP contribution in [0, 0.1) is 5.92 Å². The maximum absolute atomic E-state index is 11.7. The molecule has 1 saturated carbocycles. The van der Waals surface area contributed by atoms with Crippen molar-refractivity contribution < 1.29 is 14.7 Å². The Labute approximate surface area is 111 Å². The second-order valence-corrected chi connectivity index (χ2v) is 4.77. The number of carboxylic acid groups (broad SMARTS) is 1. The molecule has 19 heavy (non-hydrogen) atoms. The monoisotopic (exact) mass is 263 g/mol. The van der Waals surface area contributed by atoms with Gasteiger partial charge < -0.3 is 10.4 Å². The first-order chi connectivity index (χ1) is 9.06. The van der Waals surface area contributed by atoms with Crippen LogP contribution in [-0.2, 0) is 16.6 Å². The van der Waals surface area contributed by atoms with Crippen molar-refractivity contribution in [3.63, 3.8) is 0 Å². The van der Waals surface area contributed by atoms with Gasteiger partial charge in [-0.25, -0.2) is 0 Å². The van der Waals surface area contributed by atoms with Crippen molar-refractivity contribution in [1.82, 2.24) is 15.1 Å². The number of carbonyl (C=O) groups is 2. The molecule has 0 radical (unpaired) electrons. The Morgan fingerprint density at radius 1 is 1.53 bits per heavy atom. The number of rotatable bonds is 4. The van der Waals surface area contributed by atoms with Crippen LogP contribution in [0.2, 0.25) is 0 Å². The van der Waals surface area contributed by atoms with Crippen LogP contribution >= 0.6 is 0 Å². The van der Waals surface area contributed by atoms with Crippen molar-refractivity contribution in [2.45, 2.75) is 25.3 Å². The van der Waals surface area contributed by atoms with Crippen LogP contribution in [0.4, 0.5) is 0 Å². The smallest absolute Gasteiger partial charge is 0.306 e. The first-order valence-corrected chi connectivity index (χ1v) is 6.25. The molecule has 2 atom stereocenters. The van der Waals surface area contributed by atoms with Crippen LogP contribution in [0.5, 0.6) is 0 Å². The number of aryl methyl sites for hydroxylation is 1. The van der Waals surface area contributed by atoms with E-state index in [9.17, 15) is 9.59 Å². The van der Waals surface area contributed by atoms with Crippen LogP contribution in [0.15, 0.2) is 18.3 Å². The first kappa shape index (κ1) is 13.3. The van der Waals surface area contributed by atoms with Gasteiger partial charge in [-0.3, -0.25) is 14.3 Å². The predicted octanol–water partition coefficient (Wildman–Crippen LogP) is 0.803. The molecule has 0 aliphatic heterocycles. The molecular formula is C13H17N3O3. The lowest BCUT2D eigenvalue weighted by Gasteiger charge is -2.10. The fourth-order valence-corrected chi connectivity index (χ4v) is 2.29. The van der Waals surface area contributed by atoms with E-state index >= 15 is 0 Å². The van der Waals surface area contributed by atoms with Crippen molar-refractivity contribution >= 4 is 18.0 Å². The topological polar surface area (TPSA) is 84.2 Å². The van der Waals surface area contributed by atoms with E-state index in [0.717, 1.165) is 12.1 Å². The molecule has 1 heterocycles. The highest BCUT2D eigenvalue weighted by Crippen LogP contribution is 2.25. The van der Waals surface area contributed by atoms with Crippen molar-refractivity contribution in [2.75, 3.05) is 0 Å². The second kappa shape index (κ2) is 5.69. The van der Waals surface area contributed by atoms with E-state index in [1.54, 1.807) is 30.1 Å². The lowest BCUT2D eigenvalue weighted by molar-refractivity contribution is -0.141. The third kappa shape index (κ3) is 3.43. The van der Waals surface area contributed by atoms with Crippen molar-refractivity contribution in [3.8, 4) is 0 Å². The Bertz CT molecular complexity index is 507. The molecule has 102 valence electrons. The number of amides is 1. The molecule has 6 nitrogen and oxygen atoms in total. The van der Waals surface area contributed by atoms with Crippen molar-refractivity contribution in [1.29, 1.82) is 0 Å². The van der Waals surface area contributed by atoms with Crippen molar-refractivity contribution in [3.05, 3.63) is 24.0 Å². The zero-order valence-corrected chi connectivity index (χ0v) is 10.7. The van der Waals surface area contributed by atoms with E-state index in [-0.39, 0.29) is 17.9 Å². The summed E-state index contributed by atoms with van der Waals surface area (Å²) < 4.78 is 1.67. The van der Waals surface area contributed by atoms with Crippen LogP contribution < -0.4 is 5.32 Å². The van der Waals surface area contributed by atoms with Gasteiger partial charge in [0.05, 0.1) is 11.6 Å². The lowest BCUT2D eigenvalue weighted by Crippen LogP contribution is -2.31. The van der Waals surface area contributed by atoms with Gasteiger partial charge in [0, 0.05) is 25.4 Å². The minimum Gasteiger partial charge on any atom is -0.481 e. The third-order valence-corrected chi connectivity index (χ3v) is 3.39. The van der Waals surface area contributed by atoms with Crippen LogP contribution in [0.3, 0.4) is 0 Å². The molecule has 2 unspecified atom stereocenters. The number of carbonyl (C=O) groups excluding carboxylic acids is 1. The van der Waals surface area contributed by atoms with E-state index in [1.807, 2.05) is 0 Å². The molecule has 1 aromatic heterocycles. The van der Waals surface area contributed by atoms with Gasteiger partial charge in [0.15, 0.2) is 0 Å². The van der Waals surface area contributed by atoms with Crippen LogP contribution in [0.25, 0.3) is 6.08 Å².